The van der Waals surface area contributed by atoms with E-state index in [1.54, 1.807) is 37.3 Å². The molecular formula is C16H18N2O6. The van der Waals surface area contributed by atoms with Crippen LogP contribution in [0, 0.1) is 0 Å². The summed E-state index contributed by atoms with van der Waals surface area (Å²) < 4.78 is 14.5. The molecule has 1 atom stereocenters. The number of hydrogen-bond donors (Lipinski definition) is 1. The first-order valence-corrected chi connectivity index (χ1v) is 7.26. The molecule has 1 aliphatic rings. The minimum Gasteiger partial charge on any atom is -0.467 e. The van der Waals surface area contributed by atoms with Gasteiger partial charge in [0.15, 0.2) is 5.71 Å². The van der Waals surface area contributed by atoms with Gasteiger partial charge in [0.25, 0.3) is 5.54 Å². The monoisotopic (exact) mass is 334 g/mol. The topological polar surface area (TPSA) is 103 Å². The number of ether oxygens (including phenoxy) is 3. The standard InChI is InChI=1S/C16H18N2O6/c1-4-24-13(19)12-11(10-8-6-5-7-9-10)16(18-17-12,14(20)22-2)15(21)23-3/h5-9,11,18H,4H2,1-3H3. The highest BCUT2D eigenvalue weighted by molar-refractivity contribution is 6.41. The van der Waals surface area contributed by atoms with Crippen molar-refractivity contribution in [2.75, 3.05) is 20.8 Å². The van der Waals surface area contributed by atoms with Crippen LogP contribution in [0.3, 0.4) is 0 Å². The number of benzene rings is 1. The molecule has 128 valence electrons. The van der Waals surface area contributed by atoms with Crippen LogP contribution in [-0.4, -0.2) is 50.0 Å². The van der Waals surface area contributed by atoms with Crippen molar-refractivity contribution in [1.29, 1.82) is 0 Å². The highest BCUT2D eigenvalue weighted by atomic mass is 16.6. The largest absolute Gasteiger partial charge is 0.467 e. The molecule has 0 bridgehead atoms. The maximum Gasteiger partial charge on any atom is 0.355 e. The van der Waals surface area contributed by atoms with Crippen molar-refractivity contribution in [3.63, 3.8) is 0 Å². The molecule has 1 unspecified atom stereocenters. The quantitative estimate of drug-likeness (QED) is 0.471. The Morgan fingerprint density at radius 3 is 2.21 bits per heavy atom. The minimum absolute atomic E-state index is 0.0983. The first kappa shape index (κ1) is 17.5. The van der Waals surface area contributed by atoms with Crippen molar-refractivity contribution in [3.8, 4) is 0 Å². The third kappa shape index (κ3) is 2.70. The number of nitrogens with zero attached hydrogens (tertiary/aromatic N) is 1. The molecular weight excluding hydrogens is 316 g/mol. The SMILES string of the molecule is CCOC(=O)C1=NNC(C(=O)OC)(C(=O)OC)C1c1ccccc1. The van der Waals surface area contributed by atoms with E-state index in [0.717, 1.165) is 14.2 Å². The first-order valence-electron chi connectivity index (χ1n) is 7.26. The van der Waals surface area contributed by atoms with Gasteiger partial charge in [0, 0.05) is 0 Å². The van der Waals surface area contributed by atoms with Gasteiger partial charge in [-0.2, -0.15) is 5.10 Å². The molecule has 0 amide bonds. The average Bonchev–Trinajstić information content (AvgIpc) is 3.02. The van der Waals surface area contributed by atoms with Gasteiger partial charge < -0.3 is 14.2 Å². The molecule has 1 aromatic carbocycles. The number of methoxy groups -OCH3 is 2. The highest BCUT2D eigenvalue weighted by Crippen LogP contribution is 2.36. The van der Waals surface area contributed by atoms with Gasteiger partial charge >= 0.3 is 17.9 Å². The van der Waals surface area contributed by atoms with E-state index in [9.17, 15) is 14.4 Å². The fourth-order valence-electron chi connectivity index (χ4n) is 2.64. The summed E-state index contributed by atoms with van der Waals surface area (Å²) in [7, 11) is 2.28. The lowest BCUT2D eigenvalue weighted by Gasteiger charge is -2.29. The van der Waals surface area contributed by atoms with E-state index in [1.807, 2.05) is 0 Å². The van der Waals surface area contributed by atoms with E-state index in [-0.39, 0.29) is 12.3 Å². The lowest BCUT2D eigenvalue weighted by molar-refractivity contribution is -0.163. The van der Waals surface area contributed by atoms with Gasteiger partial charge in [-0.1, -0.05) is 30.3 Å². The van der Waals surface area contributed by atoms with Gasteiger partial charge in [0.1, 0.15) is 0 Å². The number of hydrogen-bond acceptors (Lipinski definition) is 8. The lowest BCUT2D eigenvalue weighted by atomic mass is 9.77. The van der Waals surface area contributed by atoms with E-state index in [0.29, 0.717) is 5.56 Å². The number of esters is 3. The Hall–Kier alpha value is -2.90. The minimum atomic E-state index is -1.99. The predicted molar refractivity (Wildman–Crippen MR) is 83.1 cm³/mol. The predicted octanol–water partition coefficient (Wildman–Crippen LogP) is 0.377. The third-order valence-corrected chi connectivity index (χ3v) is 3.69. The molecule has 24 heavy (non-hydrogen) atoms. The van der Waals surface area contributed by atoms with Gasteiger partial charge in [-0.25, -0.2) is 14.4 Å². The van der Waals surface area contributed by atoms with Crippen molar-refractivity contribution < 1.29 is 28.6 Å². The lowest BCUT2D eigenvalue weighted by Crippen LogP contribution is -2.59. The molecule has 0 fully saturated rings. The fourth-order valence-corrected chi connectivity index (χ4v) is 2.64. The summed E-state index contributed by atoms with van der Waals surface area (Å²) in [6.07, 6.45) is 0. The molecule has 1 aromatic rings. The van der Waals surface area contributed by atoms with Crippen molar-refractivity contribution in [3.05, 3.63) is 35.9 Å². The van der Waals surface area contributed by atoms with Crippen LogP contribution < -0.4 is 5.43 Å². The summed E-state index contributed by atoms with van der Waals surface area (Å²) in [5.41, 5.74) is 0.875. The van der Waals surface area contributed by atoms with Crippen LogP contribution in [0.4, 0.5) is 0 Å². The fraction of sp³-hybridized carbons (Fsp3) is 0.375. The second-order valence-corrected chi connectivity index (χ2v) is 4.96. The molecule has 8 heteroatoms. The molecule has 0 saturated carbocycles. The Labute approximate surface area is 138 Å². The Morgan fingerprint density at radius 1 is 1.12 bits per heavy atom. The molecule has 2 rings (SSSR count). The van der Waals surface area contributed by atoms with E-state index in [2.05, 4.69) is 10.5 Å². The van der Waals surface area contributed by atoms with Crippen molar-refractivity contribution in [1.82, 2.24) is 5.43 Å². The van der Waals surface area contributed by atoms with Crippen LogP contribution in [0.15, 0.2) is 35.4 Å². The van der Waals surface area contributed by atoms with Crippen LogP contribution in [0.5, 0.6) is 0 Å². The summed E-state index contributed by atoms with van der Waals surface area (Å²) >= 11 is 0. The maximum absolute atomic E-state index is 12.4. The Bertz CT molecular complexity index is 654. The van der Waals surface area contributed by atoms with Crippen LogP contribution in [0.25, 0.3) is 0 Å². The van der Waals surface area contributed by atoms with E-state index in [1.165, 1.54) is 0 Å². The van der Waals surface area contributed by atoms with Gasteiger partial charge in [0.2, 0.25) is 0 Å². The van der Waals surface area contributed by atoms with Crippen molar-refractivity contribution >= 4 is 23.6 Å². The second-order valence-electron chi connectivity index (χ2n) is 4.96. The molecule has 0 radical (unpaired) electrons. The number of carbonyl (C=O) groups excluding carboxylic acids is 3. The van der Waals surface area contributed by atoms with Crippen molar-refractivity contribution in [2.45, 2.75) is 18.4 Å². The highest BCUT2D eigenvalue weighted by Gasteiger charge is 2.62. The van der Waals surface area contributed by atoms with Crippen LogP contribution >= 0.6 is 0 Å². The zero-order valence-corrected chi connectivity index (χ0v) is 13.6. The van der Waals surface area contributed by atoms with Gasteiger partial charge in [-0.3, -0.25) is 5.43 Å². The van der Waals surface area contributed by atoms with Gasteiger partial charge in [-0.15, -0.1) is 0 Å². The number of hydrazone groups is 1. The molecule has 1 N–H and O–H groups in total. The van der Waals surface area contributed by atoms with E-state index in [4.69, 9.17) is 14.2 Å². The molecule has 0 aromatic heterocycles. The molecule has 0 saturated heterocycles. The first-order chi connectivity index (χ1) is 11.5. The summed E-state index contributed by atoms with van der Waals surface area (Å²) in [5, 5.41) is 3.89. The number of rotatable bonds is 5. The summed E-state index contributed by atoms with van der Waals surface area (Å²) in [4.78, 5) is 37.1. The van der Waals surface area contributed by atoms with Crippen LogP contribution in [0.1, 0.15) is 18.4 Å². The smallest absolute Gasteiger partial charge is 0.355 e. The Kier molecular flexibility index (Phi) is 5.18. The molecule has 1 aliphatic heterocycles. The van der Waals surface area contributed by atoms with E-state index >= 15 is 0 Å². The molecule has 1 heterocycles. The van der Waals surface area contributed by atoms with E-state index < -0.39 is 29.4 Å². The van der Waals surface area contributed by atoms with Crippen molar-refractivity contribution in [2.24, 2.45) is 5.10 Å². The zero-order valence-electron chi connectivity index (χ0n) is 13.6. The van der Waals surface area contributed by atoms with Gasteiger partial charge in [0.05, 0.1) is 26.7 Å². The van der Waals surface area contributed by atoms with Gasteiger partial charge in [-0.05, 0) is 12.5 Å². The number of carbonyl (C=O) groups is 3. The normalized spacial score (nSPS) is 18.1. The average molecular weight is 334 g/mol. The Balaban J connectivity index is 2.61. The van der Waals surface area contributed by atoms with Crippen LogP contribution in [0.2, 0.25) is 0 Å². The summed E-state index contributed by atoms with van der Waals surface area (Å²) in [6.45, 7) is 1.77. The molecule has 8 nitrogen and oxygen atoms in total. The second kappa shape index (κ2) is 7.12. The maximum atomic E-state index is 12.4. The number of nitrogens with one attached hydrogen (secondary N) is 1. The molecule has 0 aliphatic carbocycles. The summed E-state index contributed by atoms with van der Waals surface area (Å²) in [6, 6.07) is 8.55. The summed E-state index contributed by atoms with van der Waals surface area (Å²) in [5.74, 6) is -3.59. The molecule has 0 spiro atoms. The Morgan fingerprint density at radius 2 is 1.71 bits per heavy atom. The van der Waals surface area contributed by atoms with Crippen LogP contribution in [-0.2, 0) is 28.6 Å². The zero-order chi connectivity index (χ0) is 17.7. The third-order valence-electron chi connectivity index (χ3n) is 3.69.